The van der Waals surface area contributed by atoms with Crippen LogP contribution in [0.1, 0.15) is 29.8 Å². The Balaban J connectivity index is 2.10. The molecule has 0 saturated carbocycles. The molecule has 25 heavy (non-hydrogen) atoms. The van der Waals surface area contributed by atoms with Crippen molar-refractivity contribution in [3.63, 3.8) is 0 Å². The molecule has 6 heteroatoms. The maximum atomic E-state index is 13.1. The fourth-order valence-electron chi connectivity index (χ4n) is 2.86. The summed E-state index contributed by atoms with van der Waals surface area (Å²) in [6, 6.07) is 13.5. The molecule has 5 nitrogen and oxygen atoms in total. The van der Waals surface area contributed by atoms with Crippen LogP contribution in [-0.4, -0.2) is 31.2 Å². The summed E-state index contributed by atoms with van der Waals surface area (Å²) in [7, 11) is -3.92. The van der Waals surface area contributed by atoms with Crippen LogP contribution in [0.15, 0.2) is 53.4 Å². The van der Waals surface area contributed by atoms with E-state index in [4.69, 9.17) is 0 Å². The van der Waals surface area contributed by atoms with E-state index in [1.165, 1.54) is 0 Å². The Hall–Kier alpha value is -2.34. The first-order chi connectivity index (χ1) is 11.8. The van der Waals surface area contributed by atoms with Gasteiger partial charge in [-0.2, -0.15) is 0 Å². The van der Waals surface area contributed by atoms with E-state index in [0.29, 0.717) is 11.3 Å². The second-order valence-corrected chi connectivity index (χ2v) is 8.56. The van der Waals surface area contributed by atoms with Gasteiger partial charge in [0.2, 0.25) is 0 Å². The molecular weight excluding hydrogens is 336 g/mol. The molecule has 2 aromatic carbocycles. The van der Waals surface area contributed by atoms with Crippen molar-refractivity contribution in [1.82, 2.24) is 4.31 Å². The average molecular weight is 358 g/mol. The molecule has 132 valence electrons. The highest BCUT2D eigenvalue weighted by Gasteiger charge is 2.36. The molecule has 3 rings (SSSR count). The van der Waals surface area contributed by atoms with Crippen molar-refractivity contribution in [2.45, 2.75) is 31.7 Å². The normalized spacial score (nSPS) is 17.8. The predicted molar refractivity (Wildman–Crippen MR) is 98.1 cm³/mol. The maximum absolute atomic E-state index is 13.1. The van der Waals surface area contributed by atoms with E-state index in [2.05, 4.69) is 5.32 Å². The number of carbonyl (C=O) groups excluding carboxylic acids is 1. The number of fused-ring (bicyclic) bond motifs is 1. The van der Waals surface area contributed by atoms with Crippen LogP contribution in [-0.2, 0) is 10.0 Å². The minimum absolute atomic E-state index is 0.0986. The van der Waals surface area contributed by atoms with Crippen LogP contribution in [0.4, 0.5) is 5.69 Å². The Bertz CT molecular complexity index is 889. The summed E-state index contributed by atoms with van der Waals surface area (Å²) in [5.41, 5.74) is 2.02. The third-order valence-electron chi connectivity index (χ3n) is 4.50. The predicted octanol–water partition coefficient (Wildman–Crippen LogP) is 3.28. The molecule has 0 saturated heterocycles. The Morgan fingerprint density at radius 2 is 1.72 bits per heavy atom. The van der Waals surface area contributed by atoms with Gasteiger partial charge >= 0.3 is 0 Å². The molecule has 1 heterocycles. The molecule has 0 bridgehead atoms. The van der Waals surface area contributed by atoms with Crippen LogP contribution in [0, 0.1) is 12.8 Å². The van der Waals surface area contributed by atoms with Crippen LogP contribution in [0.5, 0.6) is 0 Å². The minimum atomic E-state index is -3.92. The summed E-state index contributed by atoms with van der Waals surface area (Å²) >= 11 is 0. The lowest BCUT2D eigenvalue weighted by Gasteiger charge is -2.27. The first-order valence-corrected chi connectivity index (χ1v) is 9.74. The SMILES string of the molecule is Cc1ccc(S(=O)(=O)N2CC(C(C)C)Nc3ccccc3C2=O)cc1. The summed E-state index contributed by atoms with van der Waals surface area (Å²) in [5, 5.41) is 3.33. The van der Waals surface area contributed by atoms with Gasteiger partial charge in [0.1, 0.15) is 0 Å². The zero-order chi connectivity index (χ0) is 18.2. The largest absolute Gasteiger partial charge is 0.380 e. The number of rotatable bonds is 3. The summed E-state index contributed by atoms with van der Waals surface area (Å²) in [6.45, 7) is 6.00. The monoisotopic (exact) mass is 358 g/mol. The highest BCUT2D eigenvalue weighted by Crippen LogP contribution is 2.28. The third-order valence-corrected chi connectivity index (χ3v) is 6.26. The Labute approximate surface area is 148 Å². The van der Waals surface area contributed by atoms with Crippen LogP contribution >= 0.6 is 0 Å². The Morgan fingerprint density at radius 3 is 2.36 bits per heavy atom. The number of para-hydroxylation sites is 1. The van der Waals surface area contributed by atoms with Crippen LogP contribution < -0.4 is 5.32 Å². The molecule has 1 N–H and O–H groups in total. The van der Waals surface area contributed by atoms with Crippen molar-refractivity contribution in [2.75, 3.05) is 11.9 Å². The summed E-state index contributed by atoms with van der Waals surface area (Å²) in [4.78, 5) is 13.1. The fourth-order valence-corrected chi connectivity index (χ4v) is 4.27. The van der Waals surface area contributed by atoms with Gasteiger partial charge in [-0.05, 0) is 37.1 Å². The van der Waals surface area contributed by atoms with Gasteiger partial charge in [-0.25, -0.2) is 12.7 Å². The molecular formula is C19H22N2O3S. The quantitative estimate of drug-likeness (QED) is 0.914. The zero-order valence-corrected chi connectivity index (χ0v) is 15.4. The van der Waals surface area contributed by atoms with E-state index >= 15 is 0 Å². The number of hydrogen-bond acceptors (Lipinski definition) is 4. The van der Waals surface area contributed by atoms with Crippen molar-refractivity contribution in [1.29, 1.82) is 0 Å². The number of nitrogens with zero attached hydrogens (tertiary/aromatic N) is 1. The smallest absolute Gasteiger partial charge is 0.269 e. The summed E-state index contributed by atoms with van der Waals surface area (Å²) in [5.74, 6) is -0.332. The van der Waals surface area contributed by atoms with Crippen molar-refractivity contribution in [3.05, 3.63) is 59.7 Å². The van der Waals surface area contributed by atoms with Gasteiger partial charge in [0.15, 0.2) is 0 Å². The summed E-state index contributed by atoms with van der Waals surface area (Å²) < 4.78 is 27.2. The second-order valence-electron chi connectivity index (χ2n) is 6.69. The number of nitrogens with one attached hydrogen (secondary N) is 1. The second kappa shape index (κ2) is 6.52. The number of hydrogen-bond donors (Lipinski definition) is 1. The van der Waals surface area contributed by atoms with E-state index in [0.717, 1.165) is 9.87 Å². The van der Waals surface area contributed by atoms with Crippen LogP contribution in [0.25, 0.3) is 0 Å². The molecule has 1 unspecified atom stereocenters. The van der Waals surface area contributed by atoms with Gasteiger partial charge in [-0.15, -0.1) is 0 Å². The first kappa shape index (κ1) is 17.5. The number of carbonyl (C=O) groups is 1. The van der Waals surface area contributed by atoms with Gasteiger partial charge in [0.25, 0.3) is 15.9 Å². The maximum Gasteiger partial charge on any atom is 0.269 e. The van der Waals surface area contributed by atoms with Gasteiger partial charge in [0.05, 0.1) is 17.0 Å². The highest BCUT2D eigenvalue weighted by atomic mass is 32.2. The van der Waals surface area contributed by atoms with Crippen LogP contribution in [0.2, 0.25) is 0 Å². The first-order valence-electron chi connectivity index (χ1n) is 8.30. The van der Waals surface area contributed by atoms with E-state index in [1.807, 2.05) is 32.9 Å². The molecule has 1 aliphatic rings. The molecule has 0 aliphatic carbocycles. The average Bonchev–Trinajstić information content (AvgIpc) is 2.73. The molecule has 1 aliphatic heterocycles. The lowest BCUT2D eigenvalue weighted by Crippen LogP contribution is -2.43. The minimum Gasteiger partial charge on any atom is -0.380 e. The number of amides is 1. The molecule has 0 spiro atoms. The number of benzene rings is 2. The molecule has 1 atom stereocenters. The van der Waals surface area contributed by atoms with Gasteiger partial charge in [0, 0.05) is 11.7 Å². The molecule has 0 fully saturated rings. The van der Waals surface area contributed by atoms with Gasteiger partial charge in [-0.1, -0.05) is 43.7 Å². The number of sulfonamides is 1. The summed E-state index contributed by atoms with van der Waals surface area (Å²) in [6.07, 6.45) is 0. The van der Waals surface area contributed by atoms with Gasteiger partial charge < -0.3 is 5.32 Å². The fraction of sp³-hybridized carbons (Fsp3) is 0.316. The van der Waals surface area contributed by atoms with Crippen molar-refractivity contribution < 1.29 is 13.2 Å². The van der Waals surface area contributed by atoms with E-state index in [9.17, 15) is 13.2 Å². The standard InChI is InChI=1S/C19H22N2O3S/c1-13(2)18-12-21(19(22)16-6-4-5-7-17(16)20-18)25(23,24)15-10-8-14(3)9-11-15/h4-11,13,18,20H,12H2,1-3H3. The molecule has 0 radical (unpaired) electrons. The Kier molecular flexibility index (Phi) is 4.56. The van der Waals surface area contributed by atoms with Crippen molar-refractivity contribution >= 4 is 21.6 Å². The molecule has 0 aromatic heterocycles. The molecule has 1 amide bonds. The van der Waals surface area contributed by atoms with Gasteiger partial charge in [-0.3, -0.25) is 4.79 Å². The van der Waals surface area contributed by atoms with E-state index in [1.54, 1.807) is 36.4 Å². The zero-order valence-electron chi connectivity index (χ0n) is 14.6. The number of anilines is 1. The lowest BCUT2D eigenvalue weighted by atomic mass is 10.0. The lowest BCUT2D eigenvalue weighted by molar-refractivity contribution is 0.0859. The van der Waals surface area contributed by atoms with Crippen LogP contribution in [0.3, 0.4) is 0 Å². The Morgan fingerprint density at radius 1 is 1.08 bits per heavy atom. The van der Waals surface area contributed by atoms with E-state index < -0.39 is 15.9 Å². The third kappa shape index (κ3) is 3.26. The van der Waals surface area contributed by atoms with Crippen molar-refractivity contribution in [3.8, 4) is 0 Å². The van der Waals surface area contributed by atoms with E-state index in [-0.39, 0.29) is 23.4 Å². The van der Waals surface area contributed by atoms with Crippen molar-refractivity contribution in [2.24, 2.45) is 5.92 Å². The topological polar surface area (TPSA) is 66.5 Å². The molecule has 2 aromatic rings. The highest BCUT2D eigenvalue weighted by molar-refractivity contribution is 7.89. The number of aryl methyl sites for hydroxylation is 1.